The quantitative estimate of drug-likeness (QED) is 0.0211. The predicted octanol–water partition coefficient (Wildman–Crippen LogP) is 21.6. The lowest BCUT2D eigenvalue weighted by molar-refractivity contribution is -0.870. The van der Waals surface area contributed by atoms with Gasteiger partial charge in [-0.15, -0.1) is 0 Å². The molecule has 2 unspecified atom stereocenters. The molecule has 0 amide bonds. The first kappa shape index (κ1) is 79.6. The maximum Gasteiger partial charge on any atom is 0.472 e. The second-order valence-electron chi connectivity index (χ2n) is 22.8. The molecule has 0 aliphatic rings. The molecule has 0 radical (unpaired) electrons. The van der Waals surface area contributed by atoms with Gasteiger partial charge in [-0.25, -0.2) is 4.57 Å². The molecule has 0 saturated carbocycles. The molecule has 9 nitrogen and oxygen atoms in total. The van der Waals surface area contributed by atoms with E-state index in [0.29, 0.717) is 17.4 Å². The summed E-state index contributed by atoms with van der Waals surface area (Å²) in [4.78, 5) is 35.8. The Labute approximate surface area is 516 Å². The van der Waals surface area contributed by atoms with Gasteiger partial charge in [-0.2, -0.15) is 0 Å². The van der Waals surface area contributed by atoms with Crippen molar-refractivity contribution >= 4 is 19.8 Å². The molecule has 0 spiro atoms. The molecule has 0 aliphatic heterocycles. The highest BCUT2D eigenvalue weighted by Crippen LogP contribution is 2.43. The number of quaternary nitrogens is 1. The highest BCUT2D eigenvalue weighted by Gasteiger charge is 2.27. The lowest BCUT2D eigenvalue weighted by atomic mass is 10.1. The number of allylic oxidation sites excluding steroid dienone is 26. The third-order valence-electron chi connectivity index (χ3n) is 13.5. The number of nitrogens with zero attached hydrogens (tertiary/aromatic N) is 1. The van der Waals surface area contributed by atoms with Crippen LogP contribution in [0.1, 0.15) is 245 Å². The average molecular weight is 1190 g/mol. The van der Waals surface area contributed by atoms with Crippen molar-refractivity contribution in [3.63, 3.8) is 0 Å². The van der Waals surface area contributed by atoms with E-state index in [1.54, 1.807) is 0 Å². The minimum Gasteiger partial charge on any atom is -0.462 e. The number of hydrogen-bond donors (Lipinski definition) is 1. The number of rotatable bonds is 59. The topological polar surface area (TPSA) is 108 Å². The van der Waals surface area contributed by atoms with Crippen molar-refractivity contribution in [2.75, 3.05) is 47.5 Å². The fraction of sp³-hybridized carbons (Fsp3) is 0.622. The molecule has 1 N–H and O–H groups in total. The Morgan fingerprint density at radius 1 is 0.381 bits per heavy atom. The van der Waals surface area contributed by atoms with Crippen LogP contribution in [0, 0.1) is 0 Å². The second-order valence-corrected chi connectivity index (χ2v) is 24.2. The van der Waals surface area contributed by atoms with E-state index in [1.807, 2.05) is 21.1 Å². The minimum absolute atomic E-state index is 0.0186. The Bertz CT molecular complexity index is 1970. The number of phosphoric ester groups is 1. The number of ether oxygens (including phenoxy) is 2. The SMILES string of the molecule is CC/C=C\C/C=C\C/C=C\C/C=C\C/C=C\C/C=C\C/C=C\C/C=C\C/C=C\C/C=C\CCCCCCCCC(=O)OC(COC(=O)CCCCCCCCCC/C=C\C/C=C\C/C=C\CCCCCCC)COP(=O)(O)OCC[N+](C)(C)C. The van der Waals surface area contributed by atoms with Gasteiger partial charge in [0.15, 0.2) is 6.10 Å². The van der Waals surface area contributed by atoms with E-state index in [4.69, 9.17) is 18.5 Å². The molecular weight excluding hydrogens is 1060 g/mol. The van der Waals surface area contributed by atoms with Crippen molar-refractivity contribution in [2.24, 2.45) is 0 Å². The van der Waals surface area contributed by atoms with Crippen molar-refractivity contribution < 1.29 is 42.1 Å². The highest BCUT2D eigenvalue weighted by molar-refractivity contribution is 7.47. The minimum atomic E-state index is -4.41. The molecule has 476 valence electrons. The standard InChI is InChI=1S/C74H122NO8P/c1-6-8-10-12-14-16-18-20-22-24-26-28-30-31-32-33-34-35-36-37-38-39-40-41-42-43-45-47-49-51-53-55-57-59-61-63-65-67-74(77)83-72(71-82-84(78,79)81-69-68-75(3,4)5)70-80-73(76)66-64-62-60-58-56-54-52-50-48-46-44-29-27-25-23-21-19-17-15-13-11-9-7-2/h8,10,14,16,19-22,25-28,31-32,34-35,37-38,40-41,43-46,49,51,72H,6-7,9,11-13,15,17-18,23-24,29-30,33,36,39,42,47-48,50,52-71H2,1-5H3/p+1/b10-8-,16-14-,21-19-,22-20-,27-25-,28-26-,32-31-,35-34-,38-37-,41-40-,45-43-,46-44-,51-49-. The fourth-order valence-electron chi connectivity index (χ4n) is 8.46. The van der Waals surface area contributed by atoms with E-state index in [2.05, 4.69) is 172 Å². The molecule has 0 fully saturated rings. The van der Waals surface area contributed by atoms with Gasteiger partial charge in [0.25, 0.3) is 0 Å². The summed E-state index contributed by atoms with van der Waals surface area (Å²) in [5.74, 6) is -0.832. The van der Waals surface area contributed by atoms with E-state index in [-0.39, 0.29) is 32.0 Å². The van der Waals surface area contributed by atoms with Gasteiger partial charge in [-0.05, 0) is 128 Å². The van der Waals surface area contributed by atoms with Crippen molar-refractivity contribution in [1.82, 2.24) is 0 Å². The summed E-state index contributed by atoms with van der Waals surface area (Å²) in [5.41, 5.74) is 0. The Morgan fingerprint density at radius 2 is 0.679 bits per heavy atom. The van der Waals surface area contributed by atoms with Gasteiger partial charge in [0.2, 0.25) is 0 Å². The van der Waals surface area contributed by atoms with Crippen LogP contribution in [0.15, 0.2) is 158 Å². The molecule has 0 saturated heterocycles. The van der Waals surface area contributed by atoms with Crippen molar-refractivity contribution in [3.05, 3.63) is 158 Å². The van der Waals surface area contributed by atoms with Crippen molar-refractivity contribution in [1.29, 1.82) is 0 Å². The molecule has 0 heterocycles. The van der Waals surface area contributed by atoms with Crippen molar-refractivity contribution in [2.45, 2.75) is 251 Å². The van der Waals surface area contributed by atoms with Crippen LogP contribution in [0.3, 0.4) is 0 Å². The summed E-state index contributed by atoms with van der Waals surface area (Å²) < 4.78 is 34.6. The molecule has 0 rings (SSSR count). The monoisotopic (exact) mass is 1180 g/mol. The Morgan fingerprint density at radius 3 is 1.01 bits per heavy atom. The number of carbonyl (C=O) groups excluding carboxylic acids is 2. The largest absolute Gasteiger partial charge is 0.472 e. The van der Waals surface area contributed by atoms with Gasteiger partial charge < -0.3 is 18.9 Å². The van der Waals surface area contributed by atoms with Gasteiger partial charge in [-0.1, -0.05) is 262 Å². The van der Waals surface area contributed by atoms with E-state index < -0.39 is 26.5 Å². The van der Waals surface area contributed by atoms with E-state index in [1.165, 1.54) is 64.2 Å². The molecule has 0 aromatic rings. The van der Waals surface area contributed by atoms with Crippen LogP contribution < -0.4 is 0 Å². The summed E-state index contributed by atoms with van der Waals surface area (Å²) in [6.07, 6.45) is 94.7. The van der Waals surface area contributed by atoms with Gasteiger partial charge in [0, 0.05) is 12.8 Å². The summed E-state index contributed by atoms with van der Waals surface area (Å²) >= 11 is 0. The Hall–Kier alpha value is -4.37. The van der Waals surface area contributed by atoms with E-state index in [9.17, 15) is 19.0 Å². The number of unbranched alkanes of at least 4 members (excludes halogenated alkanes) is 19. The van der Waals surface area contributed by atoms with Crippen LogP contribution in [-0.2, 0) is 32.7 Å². The molecule has 0 bridgehead atoms. The van der Waals surface area contributed by atoms with Crippen LogP contribution in [0.5, 0.6) is 0 Å². The Kier molecular flexibility index (Phi) is 59.9. The third kappa shape index (κ3) is 66.8. The lowest BCUT2D eigenvalue weighted by Gasteiger charge is -2.24. The van der Waals surface area contributed by atoms with Crippen LogP contribution in [0.2, 0.25) is 0 Å². The highest BCUT2D eigenvalue weighted by atomic mass is 31.2. The van der Waals surface area contributed by atoms with Gasteiger partial charge >= 0.3 is 19.8 Å². The van der Waals surface area contributed by atoms with Gasteiger partial charge in [0.05, 0.1) is 27.7 Å². The fourth-order valence-corrected chi connectivity index (χ4v) is 9.20. The first-order valence-corrected chi connectivity index (χ1v) is 34.7. The zero-order chi connectivity index (χ0) is 61.2. The average Bonchev–Trinajstić information content (AvgIpc) is 3.61. The summed E-state index contributed by atoms with van der Waals surface area (Å²) in [6.45, 7) is 4.27. The summed E-state index contributed by atoms with van der Waals surface area (Å²) in [5, 5.41) is 0. The zero-order valence-electron chi connectivity index (χ0n) is 54.1. The number of hydrogen-bond acceptors (Lipinski definition) is 7. The van der Waals surface area contributed by atoms with E-state index >= 15 is 0 Å². The number of likely N-dealkylation sites (N-methyl/N-ethyl adjacent to an activating group) is 1. The first-order chi connectivity index (χ1) is 41.0. The normalized spacial score (nSPS) is 14.2. The lowest BCUT2D eigenvalue weighted by Crippen LogP contribution is -2.37. The van der Waals surface area contributed by atoms with Gasteiger partial charge in [0.1, 0.15) is 19.8 Å². The van der Waals surface area contributed by atoms with Crippen molar-refractivity contribution in [3.8, 4) is 0 Å². The molecule has 0 aromatic carbocycles. The maximum absolute atomic E-state index is 12.9. The number of phosphoric acid groups is 1. The molecular formula is C74H123NO8P+. The zero-order valence-corrected chi connectivity index (χ0v) is 55.0. The van der Waals surface area contributed by atoms with Crippen LogP contribution in [0.25, 0.3) is 0 Å². The predicted molar refractivity (Wildman–Crippen MR) is 362 cm³/mol. The summed E-state index contributed by atoms with van der Waals surface area (Å²) in [7, 11) is 1.44. The van der Waals surface area contributed by atoms with Crippen LogP contribution in [0.4, 0.5) is 0 Å². The second kappa shape index (κ2) is 63.1. The summed E-state index contributed by atoms with van der Waals surface area (Å²) in [6, 6.07) is 0. The van der Waals surface area contributed by atoms with E-state index in [0.717, 1.165) is 148 Å². The molecule has 10 heteroatoms. The third-order valence-corrected chi connectivity index (χ3v) is 14.5. The molecule has 0 aromatic heterocycles. The van der Waals surface area contributed by atoms with Crippen LogP contribution in [-0.4, -0.2) is 74.9 Å². The molecule has 84 heavy (non-hydrogen) atoms. The Balaban J connectivity index is 4.20. The van der Waals surface area contributed by atoms with Crippen LogP contribution >= 0.6 is 7.82 Å². The first-order valence-electron chi connectivity index (χ1n) is 33.2. The number of esters is 2. The van der Waals surface area contributed by atoms with Gasteiger partial charge in [-0.3, -0.25) is 18.6 Å². The smallest absolute Gasteiger partial charge is 0.462 e. The molecule has 2 atom stereocenters. The molecule has 0 aliphatic carbocycles. The number of carbonyl (C=O) groups is 2. The maximum atomic E-state index is 12.9.